The van der Waals surface area contributed by atoms with Crippen molar-refractivity contribution in [2.45, 2.75) is 57.7 Å². The monoisotopic (exact) mass is 266 g/mol. The van der Waals surface area contributed by atoms with E-state index < -0.39 is 6.10 Å². The van der Waals surface area contributed by atoms with Crippen LogP contribution >= 0.6 is 0 Å². The first-order chi connectivity index (χ1) is 9.07. The van der Waals surface area contributed by atoms with Gasteiger partial charge in [0, 0.05) is 32.5 Å². The summed E-state index contributed by atoms with van der Waals surface area (Å²) in [6, 6.07) is 0. The lowest BCUT2D eigenvalue weighted by atomic mass is 9.74. The van der Waals surface area contributed by atoms with Gasteiger partial charge in [-0.1, -0.05) is 19.8 Å². The number of hydrogen-bond acceptors (Lipinski definition) is 3. The van der Waals surface area contributed by atoms with Crippen molar-refractivity contribution in [1.29, 1.82) is 0 Å². The molecule has 3 atom stereocenters. The Balaban J connectivity index is 2.11. The zero-order valence-electron chi connectivity index (χ0n) is 12.3. The highest BCUT2D eigenvalue weighted by atomic mass is 16.5. The lowest BCUT2D eigenvalue weighted by Crippen LogP contribution is -2.49. The van der Waals surface area contributed by atoms with E-state index >= 15 is 0 Å². The molecule has 0 bridgehead atoms. The molecule has 0 radical (unpaired) electrons. The highest BCUT2D eigenvalue weighted by molar-refractivity contribution is 5.00. The molecule has 1 N–H and O–H groups in total. The van der Waals surface area contributed by atoms with E-state index in [1.807, 2.05) is 24.7 Å². The molecule has 108 valence electrons. The van der Waals surface area contributed by atoms with E-state index in [0.29, 0.717) is 18.9 Å². The number of aryl methyl sites for hydroxylation is 1. The van der Waals surface area contributed by atoms with Crippen LogP contribution in [0.15, 0.2) is 12.4 Å². The summed E-state index contributed by atoms with van der Waals surface area (Å²) in [5.74, 6) is 1.54. The summed E-state index contributed by atoms with van der Waals surface area (Å²) < 4.78 is 7.97. The Bertz CT molecular complexity index is 401. The third-order valence-corrected chi connectivity index (χ3v) is 4.33. The van der Waals surface area contributed by atoms with E-state index in [1.54, 1.807) is 6.20 Å². The zero-order valence-corrected chi connectivity index (χ0v) is 12.3. The minimum absolute atomic E-state index is 0.377. The molecule has 1 fully saturated rings. The van der Waals surface area contributed by atoms with Crippen LogP contribution in [0.25, 0.3) is 0 Å². The van der Waals surface area contributed by atoms with Crippen LogP contribution in [0.2, 0.25) is 0 Å². The minimum atomic E-state index is -0.476. The largest absolute Gasteiger partial charge is 0.390 e. The second-order valence-electron chi connectivity index (χ2n) is 5.87. The van der Waals surface area contributed by atoms with Crippen LogP contribution in [-0.2, 0) is 18.2 Å². The summed E-state index contributed by atoms with van der Waals surface area (Å²) in [6.45, 7) is 4.92. The van der Waals surface area contributed by atoms with Crippen LogP contribution in [0, 0.1) is 5.92 Å². The van der Waals surface area contributed by atoms with E-state index in [2.05, 4.69) is 11.9 Å². The number of ether oxygens (including phenoxy) is 1. The van der Waals surface area contributed by atoms with Gasteiger partial charge in [-0.2, -0.15) is 0 Å². The van der Waals surface area contributed by atoms with Gasteiger partial charge in [0.2, 0.25) is 0 Å². The predicted molar refractivity (Wildman–Crippen MR) is 74.9 cm³/mol. The Morgan fingerprint density at radius 2 is 2.42 bits per heavy atom. The molecular formula is C15H26N2O2. The Morgan fingerprint density at radius 1 is 1.63 bits per heavy atom. The van der Waals surface area contributed by atoms with Gasteiger partial charge in [0.05, 0.1) is 11.7 Å². The van der Waals surface area contributed by atoms with Crippen molar-refractivity contribution in [1.82, 2.24) is 9.55 Å². The summed E-state index contributed by atoms with van der Waals surface area (Å²) in [6.07, 6.45) is 8.07. The van der Waals surface area contributed by atoms with Crippen molar-refractivity contribution in [2.24, 2.45) is 13.0 Å². The number of aliphatic hydroxyl groups excluding tert-OH is 1. The third-order valence-electron chi connectivity index (χ3n) is 4.33. The molecule has 1 aliphatic carbocycles. The first-order valence-corrected chi connectivity index (χ1v) is 7.35. The number of aromatic nitrogens is 2. The molecule has 1 aromatic rings. The molecule has 0 amide bonds. The maximum atomic E-state index is 10.7. The highest BCUT2D eigenvalue weighted by Gasteiger charge is 2.42. The van der Waals surface area contributed by atoms with Crippen molar-refractivity contribution in [2.75, 3.05) is 6.61 Å². The molecule has 0 aliphatic heterocycles. The molecular weight excluding hydrogens is 240 g/mol. The maximum Gasteiger partial charge on any atom is 0.111 e. The van der Waals surface area contributed by atoms with Crippen LogP contribution in [0.4, 0.5) is 0 Å². The fourth-order valence-electron chi connectivity index (χ4n) is 3.31. The van der Waals surface area contributed by atoms with E-state index in [4.69, 9.17) is 4.74 Å². The molecule has 1 saturated carbocycles. The summed E-state index contributed by atoms with van der Waals surface area (Å²) in [5.41, 5.74) is -0.377. The van der Waals surface area contributed by atoms with E-state index in [9.17, 15) is 5.11 Å². The van der Waals surface area contributed by atoms with Gasteiger partial charge in [0.25, 0.3) is 0 Å². The molecule has 4 nitrogen and oxygen atoms in total. The third kappa shape index (κ3) is 3.18. The van der Waals surface area contributed by atoms with Gasteiger partial charge >= 0.3 is 0 Å². The van der Waals surface area contributed by atoms with Gasteiger partial charge in [-0.05, 0) is 25.7 Å². The molecule has 1 aromatic heterocycles. The molecule has 0 spiro atoms. The van der Waals surface area contributed by atoms with E-state index in [-0.39, 0.29) is 5.60 Å². The summed E-state index contributed by atoms with van der Waals surface area (Å²) >= 11 is 0. The second kappa shape index (κ2) is 6.06. The first kappa shape index (κ1) is 14.5. The number of nitrogens with zero attached hydrogens (tertiary/aromatic N) is 2. The molecule has 4 heteroatoms. The van der Waals surface area contributed by atoms with Crippen molar-refractivity contribution in [3.05, 3.63) is 18.2 Å². The minimum Gasteiger partial charge on any atom is -0.390 e. The van der Waals surface area contributed by atoms with E-state index in [0.717, 1.165) is 25.1 Å². The molecule has 1 aliphatic rings. The first-order valence-electron chi connectivity index (χ1n) is 7.35. The SMILES string of the molecule is CCOC1(C(O)Cc2nccn2C)CCCC(C)C1. The summed E-state index contributed by atoms with van der Waals surface area (Å²) in [5, 5.41) is 10.7. The van der Waals surface area contributed by atoms with E-state index in [1.165, 1.54) is 6.42 Å². The maximum absolute atomic E-state index is 10.7. The van der Waals surface area contributed by atoms with Gasteiger partial charge in [-0.25, -0.2) is 4.98 Å². The standard InChI is InChI=1S/C15H26N2O2/c1-4-19-15(7-5-6-12(2)11-15)13(18)10-14-16-8-9-17(14)3/h8-9,12-13,18H,4-7,10-11H2,1-3H3. The normalized spacial score (nSPS) is 29.4. The number of hydrogen-bond donors (Lipinski definition) is 1. The molecule has 2 rings (SSSR count). The Kier molecular flexibility index (Phi) is 4.63. The molecule has 0 saturated heterocycles. The number of imidazole rings is 1. The molecule has 3 unspecified atom stereocenters. The summed E-state index contributed by atoms with van der Waals surface area (Å²) in [7, 11) is 1.96. The quantitative estimate of drug-likeness (QED) is 0.889. The van der Waals surface area contributed by atoms with Crippen LogP contribution < -0.4 is 0 Å². The van der Waals surface area contributed by atoms with Crippen LogP contribution in [-0.4, -0.2) is 33.0 Å². The van der Waals surface area contributed by atoms with Gasteiger partial charge < -0.3 is 14.4 Å². The number of rotatable bonds is 5. The van der Waals surface area contributed by atoms with Crippen molar-refractivity contribution in [3.8, 4) is 0 Å². The van der Waals surface area contributed by atoms with Gasteiger partial charge in [-0.15, -0.1) is 0 Å². The zero-order chi connectivity index (χ0) is 13.9. The van der Waals surface area contributed by atoms with Gasteiger partial charge in [-0.3, -0.25) is 0 Å². The Hall–Kier alpha value is -0.870. The van der Waals surface area contributed by atoms with Crippen molar-refractivity contribution >= 4 is 0 Å². The molecule has 0 aromatic carbocycles. The lowest BCUT2D eigenvalue weighted by Gasteiger charge is -2.43. The van der Waals surface area contributed by atoms with Crippen LogP contribution in [0.1, 0.15) is 45.4 Å². The number of aliphatic hydroxyl groups is 1. The molecule has 1 heterocycles. The van der Waals surface area contributed by atoms with Gasteiger partial charge in [0.15, 0.2) is 0 Å². The predicted octanol–water partition coefficient (Wildman–Crippen LogP) is 2.31. The topological polar surface area (TPSA) is 47.3 Å². The summed E-state index contributed by atoms with van der Waals surface area (Å²) in [4.78, 5) is 4.31. The average Bonchev–Trinajstić information content (AvgIpc) is 2.75. The second-order valence-corrected chi connectivity index (χ2v) is 5.87. The van der Waals surface area contributed by atoms with Crippen molar-refractivity contribution < 1.29 is 9.84 Å². The Morgan fingerprint density at radius 3 is 3.00 bits per heavy atom. The average molecular weight is 266 g/mol. The highest BCUT2D eigenvalue weighted by Crippen LogP contribution is 2.38. The Labute approximate surface area is 115 Å². The van der Waals surface area contributed by atoms with Crippen molar-refractivity contribution in [3.63, 3.8) is 0 Å². The fraction of sp³-hybridized carbons (Fsp3) is 0.800. The van der Waals surface area contributed by atoms with Crippen LogP contribution in [0.3, 0.4) is 0 Å². The molecule has 19 heavy (non-hydrogen) atoms. The smallest absolute Gasteiger partial charge is 0.111 e. The lowest BCUT2D eigenvalue weighted by molar-refractivity contribution is -0.147. The van der Waals surface area contributed by atoms with Gasteiger partial charge in [0.1, 0.15) is 5.82 Å². The fourth-order valence-corrected chi connectivity index (χ4v) is 3.31. The van der Waals surface area contributed by atoms with Crippen LogP contribution in [0.5, 0.6) is 0 Å².